The fourth-order valence-corrected chi connectivity index (χ4v) is 1.88. The van der Waals surface area contributed by atoms with E-state index in [1.807, 2.05) is 0 Å². The molecule has 90 valence electrons. The molecule has 17 heavy (non-hydrogen) atoms. The lowest BCUT2D eigenvalue weighted by Crippen LogP contribution is -1.74. The number of fused-ring (bicyclic) bond motifs is 2. The zero-order chi connectivity index (χ0) is 9.38. The summed E-state index contributed by atoms with van der Waals surface area (Å²) in [6.45, 7) is 0. The highest BCUT2D eigenvalue weighted by atomic mass is 14.0. The van der Waals surface area contributed by atoms with Crippen molar-refractivity contribution in [1.29, 1.82) is 0 Å². The van der Waals surface area contributed by atoms with E-state index in [1.54, 1.807) is 0 Å². The number of rotatable bonds is 0. The highest BCUT2D eigenvalue weighted by Crippen LogP contribution is 2.21. The lowest BCUT2D eigenvalue weighted by atomic mass is 10.0. The quantitative estimate of drug-likeness (QED) is 0.418. The summed E-state index contributed by atoms with van der Waals surface area (Å²) in [6, 6.07) is 21.4. The van der Waals surface area contributed by atoms with Gasteiger partial charge in [-0.3, -0.25) is 0 Å². The molecule has 0 amide bonds. The van der Waals surface area contributed by atoms with Gasteiger partial charge in [0.1, 0.15) is 0 Å². The molecule has 0 unspecified atom stereocenters. The van der Waals surface area contributed by atoms with E-state index in [0.29, 0.717) is 0 Å². The Labute approximate surface area is 105 Å². The molecular weight excluding hydrogens is 204 g/mol. The summed E-state index contributed by atoms with van der Waals surface area (Å²) in [4.78, 5) is 0. The Bertz CT molecular complexity index is 489. The molecule has 0 N–H and O–H groups in total. The van der Waals surface area contributed by atoms with E-state index in [4.69, 9.17) is 0 Å². The Kier molecular flexibility index (Phi) is 5.40. The first kappa shape index (κ1) is 15.2. The molecule has 3 aromatic carbocycles. The summed E-state index contributed by atoms with van der Waals surface area (Å²) in [5, 5.41) is 5.25. The molecule has 0 heteroatoms. The van der Waals surface area contributed by atoms with Gasteiger partial charge in [-0.1, -0.05) is 70.8 Å². The summed E-state index contributed by atoms with van der Waals surface area (Å²) in [7, 11) is 0. The third kappa shape index (κ3) is 2.65. The van der Waals surface area contributed by atoms with Crippen LogP contribution in [0, 0.1) is 0 Å². The van der Waals surface area contributed by atoms with E-state index in [1.165, 1.54) is 21.5 Å². The monoisotopic (exact) mass is 226 g/mol. The van der Waals surface area contributed by atoms with Gasteiger partial charge in [-0.15, -0.1) is 0 Å². The standard InChI is InChI=1S/C14H10.3CH4/c1-2-6-12-10-14-8-4-3-7-13(14)9-11(12)5-1;;;/h1-10H;3*1H4. The molecular formula is C17H22. The van der Waals surface area contributed by atoms with Crippen LogP contribution in [0.5, 0.6) is 0 Å². The Morgan fingerprint density at radius 2 is 0.647 bits per heavy atom. The van der Waals surface area contributed by atoms with E-state index in [-0.39, 0.29) is 22.3 Å². The minimum Gasteiger partial charge on any atom is -0.0776 e. The maximum atomic E-state index is 2.24. The molecule has 0 aliphatic carbocycles. The molecule has 0 radical (unpaired) electrons. The largest absolute Gasteiger partial charge is 0.0776 e. The first-order valence-corrected chi connectivity index (χ1v) is 4.81. The molecule has 0 spiro atoms. The third-order valence-corrected chi connectivity index (χ3v) is 2.61. The highest BCUT2D eigenvalue weighted by molar-refractivity contribution is 5.97. The van der Waals surface area contributed by atoms with Crippen LogP contribution in [0.4, 0.5) is 0 Å². The Morgan fingerprint density at radius 3 is 0.882 bits per heavy atom. The van der Waals surface area contributed by atoms with Crippen molar-refractivity contribution in [3.05, 3.63) is 60.7 Å². The Balaban J connectivity index is 0.000000853. The predicted octanol–water partition coefficient (Wildman–Crippen LogP) is 5.90. The first-order valence-electron chi connectivity index (χ1n) is 4.81. The smallest absolute Gasteiger partial charge is 0.0178 e. The van der Waals surface area contributed by atoms with Crippen molar-refractivity contribution in [2.24, 2.45) is 0 Å². The molecule has 0 bridgehead atoms. The summed E-state index contributed by atoms with van der Waals surface area (Å²) >= 11 is 0. The van der Waals surface area contributed by atoms with Crippen molar-refractivity contribution < 1.29 is 0 Å². The van der Waals surface area contributed by atoms with Crippen LogP contribution in [0.15, 0.2) is 60.7 Å². The van der Waals surface area contributed by atoms with Gasteiger partial charge in [-0.2, -0.15) is 0 Å². The maximum absolute atomic E-state index is 2.24. The summed E-state index contributed by atoms with van der Waals surface area (Å²) < 4.78 is 0. The number of hydrogen-bond donors (Lipinski definition) is 0. The van der Waals surface area contributed by atoms with Crippen LogP contribution in [0.25, 0.3) is 21.5 Å². The molecule has 0 aliphatic rings. The first-order chi connectivity index (χ1) is 6.93. The van der Waals surface area contributed by atoms with Crippen LogP contribution >= 0.6 is 0 Å². The SMILES string of the molecule is C.C.C.c1ccc2cc3ccccc3cc2c1. The van der Waals surface area contributed by atoms with Crippen LogP contribution in [0.3, 0.4) is 0 Å². The topological polar surface area (TPSA) is 0 Å². The van der Waals surface area contributed by atoms with E-state index < -0.39 is 0 Å². The van der Waals surface area contributed by atoms with E-state index in [2.05, 4.69) is 60.7 Å². The van der Waals surface area contributed by atoms with Gasteiger partial charge in [-0.05, 0) is 33.7 Å². The van der Waals surface area contributed by atoms with Gasteiger partial charge in [0.05, 0.1) is 0 Å². The van der Waals surface area contributed by atoms with Crippen molar-refractivity contribution in [1.82, 2.24) is 0 Å². The average Bonchev–Trinajstić information content (AvgIpc) is 2.26. The third-order valence-electron chi connectivity index (χ3n) is 2.61. The second kappa shape index (κ2) is 6.05. The minimum absolute atomic E-state index is 0. The lowest BCUT2D eigenvalue weighted by molar-refractivity contribution is 1.76. The van der Waals surface area contributed by atoms with Gasteiger partial charge < -0.3 is 0 Å². The van der Waals surface area contributed by atoms with E-state index in [0.717, 1.165) is 0 Å². The Morgan fingerprint density at radius 1 is 0.412 bits per heavy atom. The van der Waals surface area contributed by atoms with Gasteiger partial charge in [0.15, 0.2) is 0 Å². The van der Waals surface area contributed by atoms with Gasteiger partial charge >= 0.3 is 0 Å². The molecule has 3 rings (SSSR count). The highest BCUT2D eigenvalue weighted by Gasteiger charge is 1.95. The van der Waals surface area contributed by atoms with Crippen molar-refractivity contribution in [3.63, 3.8) is 0 Å². The second-order valence-corrected chi connectivity index (χ2v) is 3.55. The number of benzene rings is 3. The molecule has 3 aromatic rings. The van der Waals surface area contributed by atoms with Gasteiger partial charge in [0, 0.05) is 0 Å². The van der Waals surface area contributed by atoms with Gasteiger partial charge in [0.25, 0.3) is 0 Å². The summed E-state index contributed by atoms with van der Waals surface area (Å²) in [5.41, 5.74) is 0. The van der Waals surface area contributed by atoms with Crippen LogP contribution in [-0.4, -0.2) is 0 Å². The second-order valence-electron chi connectivity index (χ2n) is 3.55. The lowest BCUT2D eigenvalue weighted by Gasteiger charge is -2.00. The van der Waals surface area contributed by atoms with Gasteiger partial charge in [0.2, 0.25) is 0 Å². The molecule has 0 heterocycles. The Hall–Kier alpha value is -1.82. The van der Waals surface area contributed by atoms with Crippen LogP contribution in [0.1, 0.15) is 22.3 Å². The molecule has 0 aromatic heterocycles. The molecule has 0 atom stereocenters. The van der Waals surface area contributed by atoms with Crippen molar-refractivity contribution in [2.45, 2.75) is 22.3 Å². The zero-order valence-electron chi connectivity index (χ0n) is 7.77. The van der Waals surface area contributed by atoms with Crippen LogP contribution in [0.2, 0.25) is 0 Å². The summed E-state index contributed by atoms with van der Waals surface area (Å²) in [5.74, 6) is 0. The molecule has 0 aliphatic heterocycles. The zero-order valence-corrected chi connectivity index (χ0v) is 7.77. The maximum Gasteiger partial charge on any atom is -0.0178 e. The van der Waals surface area contributed by atoms with Crippen LogP contribution in [-0.2, 0) is 0 Å². The fraction of sp³-hybridized carbons (Fsp3) is 0.176. The molecule has 0 saturated carbocycles. The van der Waals surface area contributed by atoms with E-state index in [9.17, 15) is 0 Å². The van der Waals surface area contributed by atoms with Gasteiger partial charge in [-0.25, -0.2) is 0 Å². The van der Waals surface area contributed by atoms with Crippen molar-refractivity contribution >= 4 is 21.5 Å². The summed E-state index contributed by atoms with van der Waals surface area (Å²) in [6.07, 6.45) is 0. The normalized spacial score (nSPS) is 8.94. The average molecular weight is 226 g/mol. The molecule has 0 nitrogen and oxygen atoms in total. The van der Waals surface area contributed by atoms with Crippen molar-refractivity contribution in [2.75, 3.05) is 0 Å². The molecule has 0 saturated heterocycles. The number of hydrogen-bond acceptors (Lipinski definition) is 0. The molecule has 0 fully saturated rings. The fourth-order valence-electron chi connectivity index (χ4n) is 1.88. The predicted molar refractivity (Wildman–Crippen MR) is 81.6 cm³/mol. The minimum atomic E-state index is 0. The van der Waals surface area contributed by atoms with Crippen molar-refractivity contribution in [3.8, 4) is 0 Å². The van der Waals surface area contributed by atoms with E-state index >= 15 is 0 Å². The van der Waals surface area contributed by atoms with Crippen LogP contribution < -0.4 is 0 Å².